The molecule has 0 saturated carbocycles. The third-order valence-corrected chi connectivity index (χ3v) is 5.86. The quantitative estimate of drug-likeness (QED) is 0.832. The van der Waals surface area contributed by atoms with Crippen LogP contribution >= 0.6 is 11.6 Å². The van der Waals surface area contributed by atoms with Crippen LogP contribution in [0.5, 0.6) is 0 Å². The van der Waals surface area contributed by atoms with Crippen molar-refractivity contribution in [3.8, 4) is 0 Å². The SMILES string of the molecule is Cc1ccccc1C(=O)NC1CCN(C(=O)C(C)(C)c2ccc(Cl)cc2)CC1. The van der Waals surface area contributed by atoms with Crippen LogP contribution in [0.3, 0.4) is 0 Å². The van der Waals surface area contributed by atoms with E-state index in [4.69, 9.17) is 11.6 Å². The van der Waals surface area contributed by atoms with Gasteiger partial charge in [-0.1, -0.05) is 41.9 Å². The van der Waals surface area contributed by atoms with Crippen LogP contribution in [0, 0.1) is 6.92 Å². The summed E-state index contributed by atoms with van der Waals surface area (Å²) >= 11 is 5.97. The van der Waals surface area contributed by atoms with Gasteiger partial charge >= 0.3 is 0 Å². The second-order valence-electron chi connectivity index (χ2n) is 7.99. The summed E-state index contributed by atoms with van der Waals surface area (Å²) in [5, 5.41) is 3.78. The number of benzene rings is 2. The van der Waals surface area contributed by atoms with Crippen LogP contribution in [-0.2, 0) is 10.2 Å². The zero-order chi connectivity index (χ0) is 20.3. The Morgan fingerprint density at radius 2 is 1.64 bits per heavy atom. The zero-order valence-corrected chi connectivity index (χ0v) is 17.4. The topological polar surface area (TPSA) is 49.4 Å². The third kappa shape index (κ3) is 4.39. The fourth-order valence-corrected chi connectivity index (χ4v) is 3.83. The summed E-state index contributed by atoms with van der Waals surface area (Å²) in [6.45, 7) is 7.13. The number of piperidine rings is 1. The van der Waals surface area contributed by atoms with Gasteiger partial charge in [-0.15, -0.1) is 0 Å². The number of likely N-dealkylation sites (tertiary alicyclic amines) is 1. The van der Waals surface area contributed by atoms with Crippen molar-refractivity contribution in [1.29, 1.82) is 0 Å². The van der Waals surface area contributed by atoms with Crippen molar-refractivity contribution in [2.75, 3.05) is 13.1 Å². The number of carbonyl (C=O) groups excluding carboxylic acids is 2. The normalized spacial score (nSPS) is 15.4. The minimum absolute atomic E-state index is 0.0376. The Hall–Kier alpha value is -2.33. The predicted octanol–water partition coefficient (Wildman–Crippen LogP) is 4.35. The molecule has 1 fully saturated rings. The standard InChI is InChI=1S/C23H27ClN2O2/c1-16-6-4-5-7-20(16)21(27)25-19-12-14-26(15-13-19)22(28)23(2,3)17-8-10-18(24)11-9-17/h4-11,19H,12-15H2,1-3H3,(H,25,27). The van der Waals surface area contributed by atoms with E-state index in [-0.39, 0.29) is 17.9 Å². The molecule has 0 aliphatic carbocycles. The van der Waals surface area contributed by atoms with E-state index in [1.165, 1.54) is 0 Å². The van der Waals surface area contributed by atoms with Gasteiger partial charge in [0.2, 0.25) is 5.91 Å². The Labute approximate surface area is 171 Å². The fourth-order valence-electron chi connectivity index (χ4n) is 3.70. The molecule has 0 spiro atoms. The molecule has 5 heteroatoms. The second-order valence-corrected chi connectivity index (χ2v) is 8.42. The van der Waals surface area contributed by atoms with E-state index < -0.39 is 5.41 Å². The van der Waals surface area contributed by atoms with Crippen molar-refractivity contribution in [3.05, 3.63) is 70.2 Å². The molecular weight excluding hydrogens is 372 g/mol. The van der Waals surface area contributed by atoms with Crippen molar-refractivity contribution < 1.29 is 9.59 Å². The Balaban J connectivity index is 1.59. The highest BCUT2D eigenvalue weighted by atomic mass is 35.5. The first-order chi connectivity index (χ1) is 13.3. The van der Waals surface area contributed by atoms with Gasteiger partial charge in [0.1, 0.15) is 0 Å². The maximum Gasteiger partial charge on any atom is 0.251 e. The number of carbonyl (C=O) groups is 2. The number of rotatable bonds is 4. The van der Waals surface area contributed by atoms with E-state index in [0.717, 1.165) is 24.0 Å². The van der Waals surface area contributed by atoms with Crippen LogP contribution in [0.1, 0.15) is 48.2 Å². The van der Waals surface area contributed by atoms with Crippen LogP contribution in [0.2, 0.25) is 5.02 Å². The molecule has 3 rings (SSSR count). The molecule has 0 aromatic heterocycles. The highest BCUT2D eigenvalue weighted by Crippen LogP contribution is 2.28. The van der Waals surface area contributed by atoms with Crippen molar-refractivity contribution in [2.24, 2.45) is 0 Å². The molecular formula is C23H27ClN2O2. The first-order valence-corrected chi connectivity index (χ1v) is 10.1. The summed E-state index contributed by atoms with van der Waals surface area (Å²) in [5.74, 6) is 0.0721. The van der Waals surface area contributed by atoms with Crippen LogP contribution in [0.4, 0.5) is 0 Å². The summed E-state index contributed by atoms with van der Waals surface area (Å²) in [5.41, 5.74) is 2.03. The molecule has 148 valence electrons. The van der Waals surface area contributed by atoms with Crippen molar-refractivity contribution in [2.45, 2.75) is 45.1 Å². The van der Waals surface area contributed by atoms with E-state index in [0.29, 0.717) is 23.7 Å². The Morgan fingerprint density at radius 1 is 1.04 bits per heavy atom. The number of hydrogen-bond donors (Lipinski definition) is 1. The van der Waals surface area contributed by atoms with Gasteiger partial charge < -0.3 is 10.2 Å². The number of amides is 2. The molecule has 1 aliphatic rings. The summed E-state index contributed by atoms with van der Waals surface area (Å²) < 4.78 is 0. The van der Waals surface area contributed by atoms with Gasteiger partial charge in [-0.2, -0.15) is 0 Å². The monoisotopic (exact) mass is 398 g/mol. The van der Waals surface area contributed by atoms with Gasteiger partial charge in [0, 0.05) is 29.7 Å². The van der Waals surface area contributed by atoms with Crippen LogP contribution in [0.15, 0.2) is 48.5 Å². The first-order valence-electron chi connectivity index (χ1n) is 9.71. The maximum absolute atomic E-state index is 13.1. The molecule has 2 aromatic rings. The molecule has 1 saturated heterocycles. The van der Waals surface area contributed by atoms with Gasteiger partial charge in [-0.05, 0) is 62.9 Å². The van der Waals surface area contributed by atoms with E-state index >= 15 is 0 Å². The number of halogens is 1. The van der Waals surface area contributed by atoms with Crippen LogP contribution < -0.4 is 5.32 Å². The average Bonchev–Trinajstić information content (AvgIpc) is 2.68. The minimum Gasteiger partial charge on any atom is -0.349 e. The summed E-state index contributed by atoms with van der Waals surface area (Å²) in [6.07, 6.45) is 1.53. The minimum atomic E-state index is -0.609. The number of nitrogens with one attached hydrogen (secondary N) is 1. The average molecular weight is 399 g/mol. The first kappa shape index (κ1) is 20.4. The van der Waals surface area contributed by atoms with Crippen molar-refractivity contribution in [3.63, 3.8) is 0 Å². The molecule has 1 N–H and O–H groups in total. The van der Waals surface area contributed by atoms with E-state index in [1.807, 2.05) is 74.2 Å². The highest BCUT2D eigenvalue weighted by Gasteiger charge is 2.35. The smallest absolute Gasteiger partial charge is 0.251 e. The van der Waals surface area contributed by atoms with E-state index in [1.54, 1.807) is 0 Å². The number of nitrogens with zero attached hydrogens (tertiary/aromatic N) is 1. The lowest BCUT2D eigenvalue weighted by atomic mass is 9.82. The van der Waals surface area contributed by atoms with Gasteiger partial charge in [0.25, 0.3) is 5.91 Å². The lowest BCUT2D eigenvalue weighted by Crippen LogP contribution is -2.51. The van der Waals surface area contributed by atoms with Gasteiger partial charge in [0.15, 0.2) is 0 Å². The summed E-state index contributed by atoms with van der Waals surface area (Å²) in [6, 6.07) is 15.1. The van der Waals surface area contributed by atoms with Crippen molar-refractivity contribution in [1.82, 2.24) is 10.2 Å². The lowest BCUT2D eigenvalue weighted by Gasteiger charge is -2.37. The van der Waals surface area contributed by atoms with Gasteiger partial charge in [-0.25, -0.2) is 0 Å². The summed E-state index contributed by atoms with van der Waals surface area (Å²) in [7, 11) is 0. The Bertz CT molecular complexity index is 853. The molecule has 4 nitrogen and oxygen atoms in total. The molecule has 1 heterocycles. The number of aryl methyl sites for hydroxylation is 1. The fraction of sp³-hybridized carbons (Fsp3) is 0.391. The zero-order valence-electron chi connectivity index (χ0n) is 16.7. The molecule has 2 amide bonds. The van der Waals surface area contributed by atoms with Crippen molar-refractivity contribution >= 4 is 23.4 Å². The number of hydrogen-bond acceptors (Lipinski definition) is 2. The Kier molecular flexibility index (Phi) is 6.09. The summed E-state index contributed by atoms with van der Waals surface area (Å²) in [4.78, 5) is 27.5. The predicted molar refractivity (Wildman–Crippen MR) is 113 cm³/mol. The lowest BCUT2D eigenvalue weighted by molar-refractivity contribution is -0.137. The highest BCUT2D eigenvalue weighted by molar-refractivity contribution is 6.30. The molecule has 0 bridgehead atoms. The van der Waals surface area contributed by atoms with Crippen LogP contribution in [-0.4, -0.2) is 35.8 Å². The van der Waals surface area contributed by atoms with Gasteiger partial charge in [0.05, 0.1) is 5.41 Å². The van der Waals surface area contributed by atoms with Gasteiger partial charge in [-0.3, -0.25) is 9.59 Å². The molecule has 0 radical (unpaired) electrons. The Morgan fingerprint density at radius 3 is 2.25 bits per heavy atom. The molecule has 0 atom stereocenters. The maximum atomic E-state index is 13.1. The second kappa shape index (κ2) is 8.36. The van der Waals surface area contributed by atoms with Crippen LogP contribution in [0.25, 0.3) is 0 Å². The molecule has 1 aliphatic heterocycles. The molecule has 0 unspecified atom stereocenters. The molecule has 28 heavy (non-hydrogen) atoms. The third-order valence-electron chi connectivity index (χ3n) is 5.61. The van der Waals surface area contributed by atoms with E-state index in [9.17, 15) is 9.59 Å². The molecule has 2 aromatic carbocycles. The largest absolute Gasteiger partial charge is 0.349 e. The van der Waals surface area contributed by atoms with E-state index in [2.05, 4.69) is 5.32 Å².